The van der Waals surface area contributed by atoms with Crippen molar-refractivity contribution in [3.05, 3.63) is 47.9 Å². The fourth-order valence-corrected chi connectivity index (χ4v) is 3.64. The van der Waals surface area contributed by atoms with E-state index in [1.165, 1.54) is 12.8 Å². The first-order valence-electron chi connectivity index (χ1n) is 8.97. The molecule has 1 atom stereocenters. The number of hydrogen-bond acceptors (Lipinski definition) is 4. The zero-order valence-electron chi connectivity index (χ0n) is 15.1. The number of halogens is 1. The maximum Gasteiger partial charge on any atom is 0.225 e. The van der Waals surface area contributed by atoms with Crippen LogP contribution in [0, 0.1) is 5.92 Å². The standard InChI is InChI=1S/C20H22ClN5/c1-14-4-3-10-26(13-14)20-23-12-17(19-22-9-11-25(19)2)18(24-20)15-5-7-16(21)8-6-15/h5-9,11-12,14H,3-4,10,13H2,1-2H3/t14-/m1/s1. The Morgan fingerprint density at radius 3 is 2.65 bits per heavy atom. The van der Waals surface area contributed by atoms with Crippen LogP contribution in [0.1, 0.15) is 19.8 Å². The number of imidazole rings is 1. The highest BCUT2D eigenvalue weighted by Gasteiger charge is 2.21. The van der Waals surface area contributed by atoms with Crippen molar-refractivity contribution in [3.63, 3.8) is 0 Å². The number of aryl methyl sites for hydroxylation is 1. The highest BCUT2D eigenvalue weighted by atomic mass is 35.5. The van der Waals surface area contributed by atoms with Crippen LogP contribution in [-0.4, -0.2) is 32.6 Å². The third-order valence-electron chi connectivity index (χ3n) is 4.90. The molecule has 1 aromatic carbocycles. The van der Waals surface area contributed by atoms with E-state index in [9.17, 15) is 0 Å². The average molecular weight is 368 g/mol. The lowest BCUT2D eigenvalue weighted by Crippen LogP contribution is -2.35. The van der Waals surface area contributed by atoms with Gasteiger partial charge in [-0.25, -0.2) is 15.0 Å². The van der Waals surface area contributed by atoms with E-state index in [-0.39, 0.29) is 0 Å². The van der Waals surface area contributed by atoms with Crippen molar-refractivity contribution in [2.75, 3.05) is 18.0 Å². The van der Waals surface area contributed by atoms with Gasteiger partial charge in [0.1, 0.15) is 5.82 Å². The predicted molar refractivity (Wildman–Crippen MR) is 105 cm³/mol. The van der Waals surface area contributed by atoms with E-state index in [1.807, 2.05) is 48.3 Å². The average Bonchev–Trinajstić information content (AvgIpc) is 3.08. The molecule has 1 aliphatic rings. The van der Waals surface area contributed by atoms with Gasteiger partial charge >= 0.3 is 0 Å². The molecule has 1 fully saturated rings. The third-order valence-corrected chi connectivity index (χ3v) is 5.15. The molecule has 1 aliphatic heterocycles. The molecule has 0 amide bonds. The summed E-state index contributed by atoms with van der Waals surface area (Å²) < 4.78 is 1.99. The summed E-state index contributed by atoms with van der Waals surface area (Å²) in [4.78, 5) is 16.4. The summed E-state index contributed by atoms with van der Waals surface area (Å²) in [5.74, 6) is 2.31. The Labute approximate surface area is 158 Å². The second-order valence-electron chi connectivity index (χ2n) is 6.99. The molecule has 2 aromatic heterocycles. The number of anilines is 1. The number of piperidine rings is 1. The van der Waals surface area contributed by atoms with Gasteiger partial charge in [-0.3, -0.25) is 0 Å². The topological polar surface area (TPSA) is 46.8 Å². The summed E-state index contributed by atoms with van der Waals surface area (Å²) in [6.07, 6.45) is 8.07. The minimum Gasteiger partial charge on any atom is -0.341 e. The number of nitrogens with zero attached hydrogens (tertiary/aromatic N) is 5. The molecule has 4 rings (SSSR count). The highest BCUT2D eigenvalue weighted by molar-refractivity contribution is 6.30. The van der Waals surface area contributed by atoms with Crippen LogP contribution >= 0.6 is 11.6 Å². The molecule has 0 N–H and O–H groups in total. The van der Waals surface area contributed by atoms with Crippen molar-refractivity contribution in [2.45, 2.75) is 19.8 Å². The van der Waals surface area contributed by atoms with Gasteiger partial charge in [0.25, 0.3) is 0 Å². The van der Waals surface area contributed by atoms with E-state index < -0.39 is 0 Å². The van der Waals surface area contributed by atoms with Gasteiger partial charge in [0.05, 0.1) is 11.3 Å². The summed E-state index contributed by atoms with van der Waals surface area (Å²) in [7, 11) is 1.98. The molecule has 26 heavy (non-hydrogen) atoms. The first-order chi connectivity index (χ1) is 12.6. The van der Waals surface area contributed by atoms with Gasteiger partial charge in [-0.05, 0) is 30.9 Å². The number of benzene rings is 1. The Kier molecular flexibility index (Phi) is 4.64. The van der Waals surface area contributed by atoms with Crippen LogP contribution in [0.15, 0.2) is 42.9 Å². The lowest BCUT2D eigenvalue weighted by Gasteiger charge is -2.31. The van der Waals surface area contributed by atoms with Crippen molar-refractivity contribution >= 4 is 17.5 Å². The molecule has 0 bridgehead atoms. The third kappa shape index (κ3) is 3.31. The van der Waals surface area contributed by atoms with Gasteiger partial charge < -0.3 is 9.47 Å². The molecule has 5 nitrogen and oxygen atoms in total. The van der Waals surface area contributed by atoms with Crippen molar-refractivity contribution in [1.82, 2.24) is 19.5 Å². The zero-order chi connectivity index (χ0) is 18.1. The van der Waals surface area contributed by atoms with Crippen LogP contribution in [0.3, 0.4) is 0 Å². The van der Waals surface area contributed by atoms with E-state index >= 15 is 0 Å². The highest BCUT2D eigenvalue weighted by Crippen LogP contribution is 2.32. The van der Waals surface area contributed by atoms with Gasteiger partial charge in [0, 0.05) is 49.3 Å². The largest absolute Gasteiger partial charge is 0.341 e. The fraction of sp³-hybridized carbons (Fsp3) is 0.350. The fourth-order valence-electron chi connectivity index (χ4n) is 3.51. The van der Waals surface area contributed by atoms with E-state index in [2.05, 4.69) is 21.8 Å². The summed E-state index contributed by atoms with van der Waals surface area (Å²) in [6, 6.07) is 7.78. The van der Waals surface area contributed by atoms with Crippen LogP contribution in [0.5, 0.6) is 0 Å². The second-order valence-corrected chi connectivity index (χ2v) is 7.43. The molecule has 134 valence electrons. The van der Waals surface area contributed by atoms with Crippen molar-refractivity contribution < 1.29 is 0 Å². The monoisotopic (exact) mass is 367 g/mol. The van der Waals surface area contributed by atoms with Gasteiger partial charge in [-0.2, -0.15) is 0 Å². The zero-order valence-corrected chi connectivity index (χ0v) is 15.8. The van der Waals surface area contributed by atoms with Crippen LogP contribution in [0.2, 0.25) is 5.02 Å². The molecule has 1 saturated heterocycles. The Morgan fingerprint density at radius 2 is 1.96 bits per heavy atom. The summed E-state index contributed by atoms with van der Waals surface area (Å²) in [6.45, 7) is 4.29. The minimum absolute atomic E-state index is 0.667. The van der Waals surface area contributed by atoms with Crippen molar-refractivity contribution in [1.29, 1.82) is 0 Å². The van der Waals surface area contributed by atoms with Crippen LogP contribution < -0.4 is 4.90 Å². The second kappa shape index (κ2) is 7.08. The predicted octanol–water partition coefficient (Wildman–Crippen LogP) is 4.43. The first kappa shape index (κ1) is 17.0. The molecule has 6 heteroatoms. The Bertz CT molecular complexity index is 903. The van der Waals surface area contributed by atoms with E-state index in [0.717, 1.165) is 41.7 Å². The smallest absolute Gasteiger partial charge is 0.225 e. The lowest BCUT2D eigenvalue weighted by atomic mass is 10.0. The number of rotatable bonds is 3. The summed E-state index contributed by atoms with van der Waals surface area (Å²) >= 11 is 6.08. The minimum atomic E-state index is 0.667. The summed E-state index contributed by atoms with van der Waals surface area (Å²) in [5, 5.41) is 0.714. The molecule has 0 saturated carbocycles. The summed E-state index contributed by atoms with van der Waals surface area (Å²) in [5.41, 5.74) is 2.83. The molecular formula is C20H22ClN5. The molecule has 3 heterocycles. The van der Waals surface area contributed by atoms with E-state index in [0.29, 0.717) is 10.9 Å². The molecule has 0 radical (unpaired) electrons. The quantitative estimate of drug-likeness (QED) is 0.686. The lowest BCUT2D eigenvalue weighted by molar-refractivity contribution is 0.442. The number of hydrogen-bond donors (Lipinski definition) is 0. The molecule has 3 aromatic rings. The maximum atomic E-state index is 6.08. The normalized spacial score (nSPS) is 17.5. The maximum absolute atomic E-state index is 6.08. The first-order valence-corrected chi connectivity index (χ1v) is 9.35. The van der Waals surface area contributed by atoms with Crippen LogP contribution in [0.4, 0.5) is 5.95 Å². The van der Waals surface area contributed by atoms with E-state index in [4.69, 9.17) is 16.6 Å². The van der Waals surface area contributed by atoms with Crippen molar-refractivity contribution in [2.24, 2.45) is 13.0 Å². The van der Waals surface area contributed by atoms with Crippen LogP contribution in [-0.2, 0) is 7.05 Å². The Morgan fingerprint density at radius 1 is 1.15 bits per heavy atom. The molecule has 0 aliphatic carbocycles. The SMILES string of the molecule is C[C@@H]1CCCN(c2ncc(-c3nccn3C)c(-c3ccc(Cl)cc3)n2)C1. The number of aromatic nitrogens is 4. The van der Waals surface area contributed by atoms with Crippen LogP contribution in [0.25, 0.3) is 22.6 Å². The van der Waals surface area contributed by atoms with Gasteiger partial charge in [-0.15, -0.1) is 0 Å². The Hall–Kier alpha value is -2.40. The molecule has 0 unspecified atom stereocenters. The van der Waals surface area contributed by atoms with Gasteiger partial charge in [0.15, 0.2) is 0 Å². The Balaban J connectivity index is 1.82. The molecule has 0 spiro atoms. The van der Waals surface area contributed by atoms with E-state index in [1.54, 1.807) is 6.20 Å². The molecular weight excluding hydrogens is 346 g/mol. The van der Waals surface area contributed by atoms with Gasteiger partial charge in [-0.1, -0.05) is 30.7 Å². The van der Waals surface area contributed by atoms with Crippen molar-refractivity contribution in [3.8, 4) is 22.6 Å². The van der Waals surface area contributed by atoms with Gasteiger partial charge in [0.2, 0.25) is 5.95 Å².